The van der Waals surface area contributed by atoms with Crippen molar-refractivity contribution >= 4 is 5.57 Å². The highest BCUT2D eigenvalue weighted by Crippen LogP contribution is 2.14. The van der Waals surface area contributed by atoms with Crippen LogP contribution >= 0.6 is 0 Å². The molecule has 0 spiro atoms. The Balaban J connectivity index is 3.01. The first-order valence-corrected chi connectivity index (χ1v) is 3.43. The fraction of sp³-hybridized carbons (Fsp3) is 0.222. The minimum Gasteiger partial charge on any atom is -0.461 e. The zero-order chi connectivity index (χ0) is 8.27. The molecule has 58 valence electrons. The maximum atomic E-state index is 5.43. The number of nitrogens with two attached hydrogens (primary N) is 1. The molecular formula is C9H11NO. The van der Waals surface area contributed by atoms with Gasteiger partial charge in [0.05, 0.1) is 0 Å². The molecule has 1 aromatic rings. The van der Waals surface area contributed by atoms with E-state index in [1.165, 1.54) is 0 Å². The van der Waals surface area contributed by atoms with Gasteiger partial charge in [0.25, 0.3) is 0 Å². The van der Waals surface area contributed by atoms with E-state index in [0.29, 0.717) is 6.54 Å². The molecule has 0 amide bonds. The zero-order valence-electron chi connectivity index (χ0n) is 6.55. The van der Waals surface area contributed by atoms with E-state index in [1.54, 1.807) is 0 Å². The Morgan fingerprint density at radius 3 is 2.82 bits per heavy atom. The van der Waals surface area contributed by atoms with Gasteiger partial charge in [0.2, 0.25) is 0 Å². The summed E-state index contributed by atoms with van der Waals surface area (Å²) in [5.41, 5.74) is 8.97. The average Bonchev–Trinajstić information content (AvgIpc) is 2.39. The maximum Gasteiger partial charge on any atom is 0.139 e. The first-order valence-electron chi connectivity index (χ1n) is 3.43. The summed E-state index contributed by atoms with van der Waals surface area (Å²) in [6.45, 7) is 5.82. The summed E-state index contributed by atoms with van der Waals surface area (Å²) in [6.07, 6.45) is 0. The van der Waals surface area contributed by atoms with Gasteiger partial charge in [-0.3, -0.25) is 0 Å². The Labute approximate surface area is 66.0 Å². The highest BCUT2D eigenvalue weighted by molar-refractivity contribution is 5.61. The Hall–Kier alpha value is -1.24. The summed E-state index contributed by atoms with van der Waals surface area (Å²) in [5.74, 6) is 1.64. The molecule has 0 aliphatic carbocycles. The van der Waals surface area contributed by atoms with Gasteiger partial charge in [-0.2, -0.15) is 0 Å². The van der Waals surface area contributed by atoms with Crippen LogP contribution in [0.25, 0.3) is 5.57 Å². The molecule has 1 heterocycles. The lowest BCUT2D eigenvalue weighted by Crippen LogP contribution is -2.00. The smallest absolute Gasteiger partial charge is 0.139 e. The molecule has 0 fully saturated rings. The van der Waals surface area contributed by atoms with Crippen molar-refractivity contribution in [2.24, 2.45) is 5.73 Å². The van der Waals surface area contributed by atoms with Crippen LogP contribution in [0.3, 0.4) is 0 Å². The molecule has 0 bridgehead atoms. The van der Waals surface area contributed by atoms with E-state index in [0.717, 1.165) is 17.1 Å². The van der Waals surface area contributed by atoms with E-state index >= 15 is 0 Å². The molecule has 0 saturated carbocycles. The molecule has 0 aliphatic rings. The predicted molar refractivity (Wildman–Crippen MR) is 45.0 cm³/mol. The molecule has 0 atom stereocenters. The van der Waals surface area contributed by atoms with Crippen molar-refractivity contribution < 1.29 is 4.42 Å². The predicted octanol–water partition coefficient (Wildman–Crippen LogP) is 1.72. The lowest BCUT2D eigenvalue weighted by atomic mass is 10.2. The Morgan fingerprint density at radius 2 is 2.45 bits per heavy atom. The largest absolute Gasteiger partial charge is 0.461 e. The van der Waals surface area contributed by atoms with Crippen molar-refractivity contribution in [1.82, 2.24) is 0 Å². The van der Waals surface area contributed by atoms with Gasteiger partial charge >= 0.3 is 0 Å². The molecule has 2 N–H and O–H groups in total. The standard InChI is InChI=1S/C9H11NO/c1-3-8(6-10)9-5-4-7(2)11-9/h4-5H,1,6,10H2,2H3. The van der Waals surface area contributed by atoms with Gasteiger partial charge < -0.3 is 10.2 Å². The second kappa shape index (κ2) is 3.24. The van der Waals surface area contributed by atoms with Gasteiger partial charge in [0.15, 0.2) is 0 Å². The highest BCUT2D eigenvalue weighted by atomic mass is 16.3. The van der Waals surface area contributed by atoms with E-state index in [-0.39, 0.29) is 0 Å². The summed E-state index contributed by atoms with van der Waals surface area (Å²) in [4.78, 5) is 0. The van der Waals surface area contributed by atoms with Crippen LogP contribution in [0.1, 0.15) is 11.5 Å². The average molecular weight is 149 g/mol. The lowest BCUT2D eigenvalue weighted by molar-refractivity contribution is 0.520. The van der Waals surface area contributed by atoms with Crippen LogP contribution in [0.15, 0.2) is 28.9 Å². The van der Waals surface area contributed by atoms with Crippen LogP contribution in [0.2, 0.25) is 0 Å². The normalized spacial score (nSPS) is 9.27. The number of rotatable bonds is 2. The van der Waals surface area contributed by atoms with E-state index in [4.69, 9.17) is 10.2 Å². The molecule has 0 aliphatic heterocycles. The molecule has 0 unspecified atom stereocenters. The van der Waals surface area contributed by atoms with E-state index in [1.807, 2.05) is 19.1 Å². The van der Waals surface area contributed by atoms with Crippen molar-refractivity contribution in [1.29, 1.82) is 0 Å². The first kappa shape index (κ1) is 7.86. The van der Waals surface area contributed by atoms with Gasteiger partial charge in [-0.05, 0) is 19.1 Å². The van der Waals surface area contributed by atoms with E-state index in [2.05, 4.69) is 12.3 Å². The second-order valence-electron chi connectivity index (χ2n) is 2.27. The Kier molecular flexibility index (Phi) is 2.32. The molecule has 1 aromatic heterocycles. The minimum absolute atomic E-state index is 0.413. The van der Waals surface area contributed by atoms with Crippen LogP contribution in [0, 0.1) is 6.92 Å². The zero-order valence-corrected chi connectivity index (χ0v) is 6.55. The molecule has 11 heavy (non-hydrogen) atoms. The van der Waals surface area contributed by atoms with Gasteiger partial charge in [0, 0.05) is 12.1 Å². The summed E-state index contributed by atoms with van der Waals surface area (Å²) >= 11 is 0. The fourth-order valence-electron chi connectivity index (χ4n) is 0.857. The molecule has 0 radical (unpaired) electrons. The van der Waals surface area contributed by atoms with Crippen molar-refractivity contribution in [2.45, 2.75) is 6.92 Å². The highest BCUT2D eigenvalue weighted by Gasteiger charge is 2.01. The Morgan fingerprint density at radius 1 is 1.73 bits per heavy atom. The van der Waals surface area contributed by atoms with Crippen LogP contribution in [-0.2, 0) is 0 Å². The van der Waals surface area contributed by atoms with Crippen LogP contribution < -0.4 is 5.73 Å². The molecule has 0 aromatic carbocycles. The number of aryl methyl sites for hydroxylation is 1. The maximum absolute atomic E-state index is 5.43. The van der Waals surface area contributed by atoms with Crippen molar-refractivity contribution in [3.63, 3.8) is 0 Å². The van der Waals surface area contributed by atoms with Crippen molar-refractivity contribution in [3.05, 3.63) is 36.0 Å². The molecule has 2 heteroatoms. The number of hydrogen-bond acceptors (Lipinski definition) is 2. The third-order valence-electron chi connectivity index (χ3n) is 1.46. The summed E-state index contributed by atoms with van der Waals surface area (Å²) in [7, 11) is 0. The van der Waals surface area contributed by atoms with Gasteiger partial charge in [-0.15, -0.1) is 5.73 Å². The van der Waals surface area contributed by atoms with Crippen LogP contribution in [0.5, 0.6) is 0 Å². The van der Waals surface area contributed by atoms with E-state index in [9.17, 15) is 0 Å². The first-order chi connectivity index (χ1) is 5.27. The van der Waals surface area contributed by atoms with Crippen molar-refractivity contribution in [2.75, 3.05) is 6.54 Å². The number of hydrogen-bond donors (Lipinski definition) is 1. The quantitative estimate of drug-likeness (QED) is 0.650. The Bertz CT molecular complexity index is 292. The monoisotopic (exact) mass is 149 g/mol. The SMILES string of the molecule is C=C=C(CN)c1ccc(C)o1. The van der Waals surface area contributed by atoms with Crippen LogP contribution in [0.4, 0.5) is 0 Å². The van der Waals surface area contributed by atoms with Gasteiger partial charge in [-0.1, -0.05) is 6.58 Å². The lowest BCUT2D eigenvalue weighted by Gasteiger charge is -1.94. The van der Waals surface area contributed by atoms with Gasteiger partial charge in [-0.25, -0.2) is 0 Å². The summed E-state index contributed by atoms with van der Waals surface area (Å²) in [6, 6.07) is 3.76. The molecule has 0 saturated heterocycles. The second-order valence-corrected chi connectivity index (χ2v) is 2.27. The third-order valence-corrected chi connectivity index (χ3v) is 1.46. The summed E-state index contributed by atoms with van der Waals surface area (Å²) < 4.78 is 5.31. The number of furan rings is 1. The van der Waals surface area contributed by atoms with Gasteiger partial charge in [0.1, 0.15) is 11.5 Å². The van der Waals surface area contributed by atoms with E-state index < -0.39 is 0 Å². The molecular weight excluding hydrogens is 138 g/mol. The summed E-state index contributed by atoms with van der Waals surface area (Å²) in [5, 5.41) is 0. The third kappa shape index (κ3) is 1.61. The van der Waals surface area contributed by atoms with Crippen LogP contribution in [-0.4, -0.2) is 6.54 Å². The van der Waals surface area contributed by atoms with Crippen molar-refractivity contribution in [3.8, 4) is 0 Å². The minimum atomic E-state index is 0.413. The fourth-order valence-corrected chi connectivity index (χ4v) is 0.857. The molecule has 1 rings (SSSR count). The molecule has 2 nitrogen and oxygen atoms in total. The topological polar surface area (TPSA) is 39.2 Å².